The Morgan fingerprint density at radius 2 is 2.00 bits per heavy atom. The van der Waals surface area contributed by atoms with E-state index in [1.807, 2.05) is 39.0 Å². The minimum absolute atomic E-state index is 0.176. The average Bonchev–Trinajstić information content (AvgIpc) is 2.91. The van der Waals surface area contributed by atoms with Gasteiger partial charge in [-0.2, -0.15) is 4.31 Å². The maximum Gasteiger partial charge on any atom is 0.311 e. The van der Waals surface area contributed by atoms with Crippen LogP contribution in [0.25, 0.3) is 0 Å². The minimum atomic E-state index is -3.72. The first-order valence-corrected chi connectivity index (χ1v) is 12.4. The summed E-state index contributed by atoms with van der Waals surface area (Å²) in [6, 6.07) is 12.6. The van der Waals surface area contributed by atoms with E-state index >= 15 is 0 Å². The highest BCUT2D eigenvalue weighted by molar-refractivity contribution is 7.89. The van der Waals surface area contributed by atoms with E-state index in [0.717, 1.165) is 16.7 Å². The SMILES string of the molecule is C#CCCC(c1ccc(C)c(CN2CCOc3ccccc3S2(=O)=O)c1)C(C)(C)C(=O)OC. The standard InChI is InChI=1S/C26H31NO5S/c1-6-7-10-22(26(3,4)25(28)31-5)20-14-13-19(2)21(17-20)18-27-15-16-32-23-11-8-9-12-24(23)33(27,29)30/h1,8-9,11-14,17,22H,7,10,15-16,18H2,2-5H3. The van der Waals surface area contributed by atoms with Gasteiger partial charge in [-0.3, -0.25) is 4.79 Å². The number of methoxy groups -OCH3 is 1. The van der Waals surface area contributed by atoms with Crippen LogP contribution in [-0.2, 0) is 26.1 Å². The van der Waals surface area contributed by atoms with Gasteiger partial charge in [-0.1, -0.05) is 30.3 Å². The van der Waals surface area contributed by atoms with Crippen LogP contribution in [0.15, 0.2) is 47.4 Å². The Balaban J connectivity index is 1.99. The highest BCUT2D eigenvalue weighted by Crippen LogP contribution is 2.41. The molecule has 0 radical (unpaired) electrons. The third-order valence-electron chi connectivity index (χ3n) is 6.35. The molecule has 0 spiro atoms. The van der Waals surface area contributed by atoms with Gasteiger partial charge in [0.25, 0.3) is 0 Å². The zero-order chi connectivity index (χ0) is 24.2. The van der Waals surface area contributed by atoms with Crippen molar-refractivity contribution < 1.29 is 22.7 Å². The molecular weight excluding hydrogens is 438 g/mol. The van der Waals surface area contributed by atoms with Crippen LogP contribution in [0.2, 0.25) is 0 Å². The molecule has 2 aromatic rings. The molecule has 2 aromatic carbocycles. The van der Waals surface area contributed by atoms with Gasteiger partial charge in [-0.15, -0.1) is 12.3 Å². The number of carbonyl (C=O) groups excluding carboxylic acids is 1. The predicted molar refractivity (Wildman–Crippen MR) is 127 cm³/mol. The molecule has 3 rings (SSSR count). The van der Waals surface area contributed by atoms with Crippen molar-refractivity contribution in [2.24, 2.45) is 5.41 Å². The van der Waals surface area contributed by atoms with Gasteiger partial charge in [0.1, 0.15) is 17.3 Å². The highest BCUT2D eigenvalue weighted by atomic mass is 32.2. The van der Waals surface area contributed by atoms with E-state index in [1.54, 1.807) is 24.3 Å². The van der Waals surface area contributed by atoms with E-state index in [2.05, 4.69) is 5.92 Å². The number of rotatable bonds is 7. The molecule has 0 bridgehead atoms. The Morgan fingerprint density at radius 3 is 2.70 bits per heavy atom. The largest absolute Gasteiger partial charge is 0.491 e. The van der Waals surface area contributed by atoms with Gasteiger partial charge < -0.3 is 9.47 Å². The second-order valence-corrected chi connectivity index (χ2v) is 10.7. The van der Waals surface area contributed by atoms with Crippen LogP contribution >= 0.6 is 0 Å². The summed E-state index contributed by atoms with van der Waals surface area (Å²) in [5, 5.41) is 0. The summed E-state index contributed by atoms with van der Waals surface area (Å²) in [7, 11) is -2.34. The van der Waals surface area contributed by atoms with Gasteiger partial charge in [0.15, 0.2) is 0 Å². The second-order valence-electron chi connectivity index (χ2n) is 8.83. The number of para-hydroxylation sites is 1. The van der Waals surface area contributed by atoms with Crippen molar-refractivity contribution in [2.75, 3.05) is 20.3 Å². The third-order valence-corrected chi connectivity index (χ3v) is 8.23. The fourth-order valence-electron chi connectivity index (χ4n) is 4.31. The summed E-state index contributed by atoms with van der Waals surface area (Å²) < 4.78 is 38.9. The number of terminal acetylenes is 1. The van der Waals surface area contributed by atoms with Gasteiger partial charge in [0.2, 0.25) is 10.0 Å². The zero-order valence-electron chi connectivity index (χ0n) is 19.6. The molecule has 6 nitrogen and oxygen atoms in total. The molecule has 0 amide bonds. The van der Waals surface area contributed by atoms with Crippen LogP contribution in [0, 0.1) is 24.7 Å². The first-order valence-electron chi connectivity index (χ1n) is 11.0. The van der Waals surface area contributed by atoms with Crippen molar-refractivity contribution in [3.63, 3.8) is 0 Å². The Kier molecular flexibility index (Phi) is 7.51. The Hall–Kier alpha value is -2.82. The van der Waals surface area contributed by atoms with Crippen LogP contribution in [0.5, 0.6) is 5.75 Å². The summed E-state index contributed by atoms with van der Waals surface area (Å²) in [6.45, 7) is 6.39. The lowest BCUT2D eigenvalue weighted by atomic mass is 9.72. The molecule has 1 unspecified atom stereocenters. The van der Waals surface area contributed by atoms with E-state index in [-0.39, 0.29) is 36.5 Å². The van der Waals surface area contributed by atoms with Gasteiger partial charge in [0, 0.05) is 25.4 Å². The molecular formula is C26H31NO5S. The van der Waals surface area contributed by atoms with Crippen LogP contribution in [-0.4, -0.2) is 39.0 Å². The lowest BCUT2D eigenvalue weighted by molar-refractivity contribution is -0.152. The van der Waals surface area contributed by atoms with Gasteiger partial charge in [0.05, 0.1) is 12.5 Å². The number of ether oxygens (including phenoxy) is 2. The van der Waals surface area contributed by atoms with Crippen LogP contribution < -0.4 is 4.74 Å². The van der Waals surface area contributed by atoms with Gasteiger partial charge in [-0.25, -0.2) is 8.42 Å². The number of sulfonamides is 1. The average molecular weight is 470 g/mol. The molecule has 0 N–H and O–H groups in total. The second kappa shape index (κ2) is 9.98. The van der Waals surface area contributed by atoms with Gasteiger partial charge in [-0.05, 0) is 56.0 Å². The third kappa shape index (κ3) is 5.07. The van der Waals surface area contributed by atoms with Crippen molar-refractivity contribution in [1.82, 2.24) is 4.31 Å². The number of benzene rings is 2. The van der Waals surface area contributed by atoms with Crippen molar-refractivity contribution in [2.45, 2.75) is 51.0 Å². The number of esters is 1. The van der Waals surface area contributed by atoms with Crippen LogP contribution in [0.1, 0.15) is 49.3 Å². The van der Waals surface area contributed by atoms with Crippen LogP contribution in [0.4, 0.5) is 0 Å². The minimum Gasteiger partial charge on any atom is -0.491 e. The first-order chi connectivity index (χ1) is 15.6. The quantitative estimate of drug-likeness (QED) is 0.447. The smallest absolute Gasteiger partial charge is 0.311 e. The number of aryl methyl sites for hydroxylation is 1. The van der Waals surface area contributed by atoms with Gasteiger partial charge >= 0.3 is 5.97 Å². The highest BCUT2D eigenvalue weighted by Gasteiger charge is 2.39. The summed E-state index contributed by atoms with van der Waals surface area (Å²) in [4.78, 5) is 12.7. The summed E-state index contributed by atoms with van der Waals surface area (Å²) in [6.07, 6.45) is 6.65. The van der Waals surface area contributed by atoms with E-state index < -0.39 is 15.4 Å². The molecule has 176 valence electrons. The molecule has 1 heterocycles. The topological polar surface area (TPSA) is 72.9 Å². The van der Waals surface area contributed by atoms with Crippen molar-refractivity contribution in [3.05, 3.63) is 59.2 Å². The number of hydrogen-bond acceptors (Lipinski definition) is 5. The van der Waals surface area contributed by atoms with Crippen molar-refractivity contribution >= 4 is 16.0 Å². The fourth-order valence-corrected chi connectivity index (χ4v) is 5.84. The number of carbonyl (C=O) groups is 1. The van der Waals surface area contributed by atoms with Crippen LogP contribution in [0.3, 0.4) is 0 Å². The fraction of sp³-hybridized carbons (Fsp3) is 0.423. The van der Waals surface area contributed by atoms with E-state index in [1.165, 1.54) is 11.4 Å². The normalized spacial score (nSPS) is 16.6. The lowest BCUT2D eigenvalue weighted by Gasteiger charge is -2.32. The van der Waals surface area contributed by atoms with Crippen molar-refractivity contribution in [1.29, 1.82) is 0 Å². The van der Waals surface area contributed by atoms with E-state index in [0.29, 0.717) is 18.6 Å². The van der Waals surface area contributed by atoms with E-state index in [4.69, 9.17) is 15.9 Å². The summed E-state index contributed by atoms with van der Waals surface area (Å²) >= 11 is 0. The number of nitrogens with zero attached hydrogens (tertiary/aromatic N) is 1. The molecule has 0 saturated heterocycles. The summed E-state index contributed by atoms with van der Waals surface area (Å²) in [5.74, 6) is 2.55. The molecule has 1 atom stereocenters. The lowest BCUT2D eigenvalue weighted by Crippen LogP contribution is -2.33. The first kappa shape index (κ1) is 24.8. The zero-order valence-corrected chi connectivity index (χ0v) is 20.4. The predicted octanol–water partition coefficient (Wildman–Crippen LogP) is 4.27. The molecule has 0 saturated carbocycles. The molecule has 33 heavy (non-hydrogen) atoms. The van der Waals surface area contributed by atoms with E-state index in [9.17, 15) is 13.2 Å². The molecule has 0 aliphatic carbocycles. The number of hydrogen-bond donors (Lipinski definition) is 0. The molecule has 7 heteroatoms. The molecule has 0 fully saturated rings. The molecule has 1 aliphatic heterocycles. The monoisotopic (exact) mass is 469 g/mol. The van der Waals surface area contributed by atoms with Crippen molar-refractivity contribution in [3.8, 4) is 18.1 Å². The summed E-state index contributed by atoms with van der Waals surface area (Å²) in [5.41, 5.74) is 1.99. The molecule has 1 aliphatic rings. The molecule has 0 aromatic heterocycles. The Labute approximate surface area is 197 Å². The Bertz CT molecular complexity index is 1160. The number of fused-ring (bicyclic) bond motifs is 1. The maximum atomic E-state index is 13.4. The Morgan fingerprint density at radius 1 is 1.27 bits per heavy atom. The maximum absolute atomic E-state index is 13.4.